The van der Waals surface area contributed by atoms with E-state index in [9.17, 15) is 4.39 Å². The normalized spacial score (nSPS) is 10.7. The van der Waals surface area contributed by atoms with Gasteiger partial charge < -0.3 is 5.73 Å². The van der Waals surface area contributed by atoms with Crippen molar-refractivity contribution in [3.8, 4) is 0 Å². The Hall–Kier alpha value is -1.20. The number of nitrogens with zero attached hydrogens (tertiary/aromatic N) is 2. The zero-order valence-corrected chi connectivity index (χ0v) is 10.0. The first-order chi connectivity index (χ1) is 7.56. The van der Waals surface area contributed by atoms with Gasteiger partial charge in [-0.3, -0.25) is 4.68 Å². The number of benzene rings is 1. The molecule has 0 unspecified atom stereocenters. The smallest absolute Gasteiger partial charge is 0.143 e. The maximum atomic E-state index is 13.1. The average Bonchev–Trinajstić information content (AvgIpc) is 2.60. The van der Waals surface area contributed by atoms with Gasteiger partial charge in [0, 0.05) is 23.8 Å². The predicted octanol–water partition coefficient (Wildman–Crippen LogP) is 2.95. The molecule has 0 fully saturated rings. The molecule has 6 heteroatoms. The largest absolute Gasteiger partial charge is 0.398 e. The van der Waals surface area contributed by atoms with E-state index in [4.69, 9.17) is 17.3 Å². The number of rotatable bonds is 2. The van der Waals surface area contributed by atoms with Gasteiger partial charge >= 0.3 is 0 Å². The summed E-state index contributed by atoms with van der Waals surface area (Å²) >= 11 is 7.09. The van der Waals surface area contributed by atoms with Crippen LogP contribution in [0.15, 0.2) is 34.3 Å². The number of hydrogen-bond acceptors (Lipinski definition) is 3. The van der Waals surface area contributed by atoms with Gasteiger partial charge in [0.25, 0.3) is 0 Å². The third-order valence-electron chi connectivity index (χ3n) is 1.96. The average molecular weight is 258 g/mol. The number of nitrogens with two attached hydrogens (primary N) is 1. The molecule has 0 amide bonds. The summed E-state index contributed by atoms with van der Waals surface area (Å²) in [5.41, 5.74) is 6.07. The van der Waals surface area contributed by atoms with Crippen molar-refractivity contribution >= 4 is 29.1 Å². The summed E-state index contributed by atoms with van der Waals surface area (Å²) in [5.74, 6) is -0.505. The zero-order valence-electron chi connectivity index (χ0n) is 8.45. The maximum Gasteiger partial charge on any atom is 0.143 e. The summed E-state index contributed by atoms with van der Waals surface area (Å²) < 4.78 is 14.7. The van der Waals surface area contributed by atoms with E-state index >= 15 is 0 Å². The third-order valence-corrected chi connectivity index (χ3v) is 3.27. The molecule has 0 spiro atoms. The van der Waals surface area contributed by atoms with Crippen molar-refractivity contribution in [3.63, 3.8) is 0 Å². The van der Waals surface area contributed by atoms with Crippen LogP contribution in [-0.2, 0) is 7.05 Å². The van der Waals surface area contributed by atoms with E-state index in [-0.39, 0.29) is 5.02 Å². The standard InChI is InChI=1S/C10H9ClFN3S/c1-15-5-6(4-14-15)16-10-2-7(11)8(12)3-9(10)13/h2-5H,13H2,1H3. The molecule has 1 aromatic carbocycles. The summed E-state index contributed by atoms with van der Waals surface area (Å²) in [6.07, 6.45) is 3.56. The van der Waals surface area contributed by atoms with Crippen molar-refractivity contribution in [1.82, 2.24) is 9.78 Å². The van der Waals surface area contributed by atoms with Gasteiger partial charge in [-0.15, -0.1) is 0 Å². The molecular weight excluding hydrogens is 249 g/mol. The minimum Gasteiger partial charge on any atom is -0.398 e. The van der Waals surface area contributed by atoms with Crippen molar-refractivity contribution in [3.05, 3.63) is 35.4 Å². The van der Waals surface area contributed by atoms with E-state index in [1.165, 1.54) is 23.9 Å². The Labute approximate surface area is 101 Å². The predicted molar refractivity (Wildman–Crippen MR) is 63.2 cm³/mol. The van der Waals surface area contributed by atoms with Crippen LogP contribution in [0.4, 0.5) is 10.1 Å². The highest BCUT2D eigenvalue weighted by Crippen LogP contribution is 2.34. The second kappa shape index (κ2) is 4.35. The summed E-state index contributed by atoms with van der Waals surface area (Å²) in [6.45, 7) is 0. The SMILES string of the molecule is Cn1cc(Sc2cc(Cl)c(F)cc2N)cn1. The first kappa shape index (κ1) is 11.3. The molecule has 0 aliphatic heterocycles. The molecule has 3 nitrogen and oxygen atoms in total. The molecule has 0 saturated heterocycles. The van der Waals surface area contributed by atoms with E-state index in [2.05, 4.69) is 5.10 Å². The summed E-state index contributed by atoms with van der Waals surface area (Å²) in [5, 5.41) is 4.10. The molecule has 1 aromatic heterocycles. The minimum atomic E-state index is -0.505. The molecule has 0 radical (unpaired) electrons. The lowest BCUT2D eigenvalue weighted by Gasteiger charge is -2.04. The Morgan fingerprint density at radius 1 is 1.50 bits per heavy atom. The van der Waals surface area contributed by atoms with E-state index in [0.29, 0.717) is 5.69 Å². The lowest BCUT2D eigenvalue weighted by Crippen LogP contribution is -1.90. The highest BCUT2D eigenvalue weighted by Gasteiger charge is 2.08. The van der Waals surface area contributed by atoms with E-state index in [1.54, 1.807) is 10.9 Å². The van der Waals surface area contributed by atoms with Crippen LogP contribution in [0.3, 0.4) is 0 Å². The van der Waals surface area contributed by atoms with Crippen LogP contribution in [0.25, 0.3) is 0 Å². The van der Waals surface area contributed by atoms with E-state index in [1.807, 2.05) is 13.2 Å². The Kier molecular flexibility index (Phi) is 3.07. The summed E-state index contributed by atoms with van der Waals surface area (Å²) in [6, 6.07) is 2.74. The second-order valence-electron chi connectivity index (χ2n) is 3.26. The Morgan fingerprint density at radius 2 is 2.25 bits per heavy atom. The molecule has 0 atom stereocenters. The van der Waals surface area contributed by atoms with Crippen LogP contribution >= 0.6 is 23.4 Å². The molecule has 16 heavy (non-hydrogen) atoms. The number of aromatic nitrogens is 2. The molecule has 1 heterocycles. The van der Waals surface area contributed by atoms with Gasteiger partial charge in [0.1, 0.15) is 5.82 Å². The number of nitrogen functional groups attached to an aromatic ring is 1. The van der Waals surface area contributed by atoms with Crippen molar-refractivity contribution in [2.24, 2.45) is 7.05 Å². The Balaban J connectivity index is 2.31. The highest BCUT2D eigenvalue weighted by molar-refractivity contribution is 7.99. The molecular formula is C10H9ClFN3S. The van der Waals surface area contributed by atoms with Crippen LogP contribution in [0.1, 0.15) is 0 Å². The Morgan fingerprint density at radius 3 is 2.88 bits per heavy atom. The molecule has 0 bridgehead atoms. The van der Waals surface area contributed by atoms with Gasteiger partial charge in [0.2, 0.25) is 0 Å². The third kappa shape index (κ3) is 2.31. The van der Waals surface area contributed by atoms with Crippen LogP contribution in [0, 0.1) is 5.82 Å². The maximum absolute atomic E-state index is 13.1. The fourth-order valence-electron chi connectivity index (χ4n) is 1.21. The molecule has 2 rings (SSSR count). The van der Waals surface area contributed by atoms with Gasteiger partial charge in [0.15, 0.2) is 0 Å². The van der Waals surface area contributed by atoms with Gasteiger partial charge in [0.05, 0.1) is 16.1 Å². The first-order valence-corrected chi connectivity index (χ1v) is 5.67. The number of halogens is 2. The van der Waals surface area contributed by atoms with Crippen molar-refractivity contribution in [1.29, 1.82) is 0 Å². The molecule has 84 valence electrons. The first-order valence-electron chi connectivity index (χ1n) is 4.47. The number of anilines is 1. The topological polar surface area (TPSA) is 43.8 Å². The molecule has 0 aliphatic rings. The van der Waals surface area contributed by atoms with Crippen LogP contribution in [-0.4, -0.2) is 9.78 Å². The molecule has 2 N–H and O–H groups in total. The van der Waals surface area contributed by atoms with Gasteiger partial charge in [-0.05, 0) is 12.1 Å². The quantitative estimate of drug-likeness (QED) is 0.842. The van der Waals surface area contributed by atoms with Crippen LogP contribution in [0.2, 0.25) is 5.02 Å². The summed E-state index contributed by atoms with van der Waals surface area (Å²) in [4.78, 5) is 1.65. The van der Waals surface area contributed by atoms with Crippen molar-refractivity contribution in [2.45, 2.75) is 9.79 Å². The highest BCUT2D eigenvalue weighted by atomic mass is 35.5. The van der Waals surface area contributed by atoms with Crippen LogP contribution in [0.5, 0.6) is 0 Å². The van der Waals surface area contributed by atoms with Crippen molar-refractivity contribution in [2.75, 3.05) is 5.73 Å². The minimum absolute atomic E-state index is 0.0700. The number of hydrogen-bond donors (Lipinski definition) is 1. The second-order valence-corrected chi connectivity index (χ2v) is 4.78. The monoisotopic (exact) mass is 257 g/mol. The van der Waals surface area contributed by atoms with Gasteiger partial charge in [-0.1, -0.05) is 23.4 Å². The summed E-state index contributed by atoms with van der Waals surface area (Å²) in [7, 11) is 1.82. The lowest BCUT2D eigenvalue weighted by molar-refractivity contribution is 0.628. The Bertz CT molecular complexity index is 527. The van der Waals surface area contributed by atoms with Gasteiger partial charge in [-0.25, -0.2) is 4.39 Å². The van der Waals surface area contributed by atoms with Gasteiger partial charge in [-0.2, -0.15) is 5.10 Å². The van der Waals surface area contributed by atoms with E-state index < -0.39 is 5.82 Å². The zero-order chi connectivity index (χ0) is 11.7. The fraction of sp³-hybridized carbons (Fsp3) is 0.100. The van der Waals surface area contributed by atoms with Crippen molar-refractivity contribution < 1.29 is 4.39 Å². The number of aryl methyl sites for hydroxylation is 1. The lowest BCUT2D eigenvalue weighted by atomic mass is 10.3. The molecule has 0 saturated carbocycles. The molecule has 2 aromatic rings. The van der Waals surface area contributed by atoms with Crippen LogP contribution < -0.4 is 5.73 Å². The van der Waals surface area contributed by atoms with E-state index in [0.717, 1.165) is 9.79 Å². The molecule has 0 aliphatic carbocycles. The fourth-order valence-corrected chi connectivity index (χ4v) is 2.35.